The predicted molar refractivity (Wildman–Crippen MR) is 52.3 cm³/mol. The molecule has 1 aromatic carbocycles. The van der Waals surface area contributed by atoms with E-state index in [9.17, 15) is 4.79 Å². The van der Waals surface area contributed by atoms with Gasteiger partial charge in [-0.1, -0.05) is 30.3 Å². The molecule has 13 heavy (non-hydrogen) atoms. The second-order valence-corrected chi connectivity index (χ2v) is 2.70. The SMILES string of the molecule is N.NC(=O)C(N)Cc1ccccc1. The highest BCUT2D eigenvalue weighted by Gasteiger charge is 2.08. The van der Waals surface area contributed by atoms with Gasteiger partial charge >= 0.3 is 0 Å². The van der Waals surface area contributed by atoms with Crippen LogP contribution < -0.4 is 17.6 Å². The topological polar surface area (TPSA) is 104 Å². The van der Waals surface area contributed by atoms with Crippen molar-refractivity contribution in [2.45, 2.75) is 12.5 Å². The van der Waals surface area contributed by atoms with Crippen LogP contribution in [0.25, 0.3) is 0 Å². The molecule has 0 radical (unpaired) electrons. The number of rotatable bonds is 3. The lowest BCUT2D eigenvalue weighted by Crippen LogP contribution is -2.38. The quantitative estimate of drug-likeness (QED) is 0.620. The van der Waals surface area contributed by atoms with E-state index < -0.39 is 11.9 Å². The second kappa shape index (κ2) is 5.29. The molecule has 0 heterocycles. The van der Waals surface area contributed by atoms with Crippen LogP contribution in [0.15, 0.2) is 30.3 Å². The van der Waals surface area contributed by atoms with Crippen LogP contribution in [-0.2, 0) is 11.2 Å². The van der Waals surface area contributed by atoms with Crippen molar-refractivity contribution in [2.24, 2.45) is 11.5 Å². The fraction of sp³-hybridized carbons (Fsp3) is 0.222. The van der Waals surface area contributed by atoms with Gasteiger partial charge in [0.1, 0.15) is 0 Å². The zero-order chi connectivity index (χ0) is 8.97. The first-order valence-electron chi connectivity index (χ1n) is 3.79. The highest BCUT2D eigenvalue weighted by atomic mass is 16.1. The van der Waals surface area contributed by atoms with E-state index in [0.29, 0.717) is 6.42 Å². The van der Waals surface area contributed by atoms with E-state index in [0.717, 1.165) is 5.56 Å². The van der Waals surface area contributed by atoms with Crippen LogP contribution in [0.3, 0.4) is 0 Å². The molecule has 1 rings (SSSR count). The molecule has 0 saturated carbocycles. The van der Waals surface area contributed by atoms with Crippen LogP contribution in [0, 0.1) is 0 Å². The average molecular weight is 181 g/mol. The summed E-state index contributed by atoms with van der Waals surface area (Å²) in [4.78, 5) is 10.6. The molecule has 0 fully saturated rings. The highest BCUT2D eigenvalue weighted by molar-refractivity contribution is 5.79. The van der Waals surface area contributed by atoms with Crippen molar-refractivity contribution in [3.05, 3.63) is 35.9 Å². The van der Waals surface area contributed by atoms with Gasteiger partial charge in [-0.3, -0.25) is 4.79 Å². The minimum atomic E-state index is -0.576. The van der Waals surface area contributed by atoms with Crippen molar-refractivity contribution in [1.29, 1.82) is 0 Å². The fourth-order valence-corrected chi connectivity index (χ4v) is 0.969. The van der Waals surface area contributed by atoms with Crippen molar-refractivity contribution in [1.82, 2.24) is 6.15 Å². The molecular formula is C9H15N3O. The Hall–Kier alpha value is -1.39. The molecule has 4 heteroatoms. The highest BCUT2D eigenvalue weighted by Crippen LogP contribution is 2.00. The molecule has 72 valence electrons. The smallest absolute Gasteiger partial charge is 0.234 e. The van der Waals surface area contributed by atoms with Gasteiger partial charge in [0, 0.05) is 0 Å². The van der Waals surface area contributed by atoms with Gasteiger partial charge in [0.15, 0.2) is 0 Å². The van der Waals surface area contributed by atoms with Crippen LogP contribution in [0.5, 0.6) is 0 Å². The lowest BCUT2D eigenvalue weighted by molar-refractivity contribution is -0.119. The lowest BCUT2D eigenvalue weighted by atomic mass is 10.1. The van der Waals surface area contributed by atoms with Gasteiger partial charge in [-0.15, -0.1) is 0 Å². The van der Waals surface area contributed by atoms with Crippen LogP contribution in [0.2, 0.25) is 0 Å². The summed E-state index contributed by atoms with van der Waals surface area (Å²) in [5.74, 6) is -0.459. The standard InChI is InChI=1S/C9H12N2O.H3N/c10-8(9(11)12)6-7-4-2-1-3-5-7;/h1-5,8H,6,10H2,(H2,11,12);1H3. The molecule has 0 aromatic heterocycles. The third kappa shape index (κ3) is 3.68. The molecule has 1 unspecified atom stereocenters. The van der Waals surface area contributed by atoms with Crippen LogP contribution >= 0.6 is 0 Å². The number of primary amides is 1. The Labute approximate surface area is 77.5 Å². The van der Waals surface area contributed by atoms with Crippen molar-refractivity contribution in [3.8, 4) is 0 Å². The Kier molecular flexibility index (Phi) is 4.72. The molecule has 0 aliphatic carbocycles. The van der Waals surface area contributed by atoms with Crippen molar-refractivity contribution in [3.63, 3.8) is 0 Å². The Bertz CT molecular complexity index is 261. The normalized spacial score (nSPS) is 11.5. The van der Waals surface area contributed by atoms with Gasteiger partial charge in [0.25, 0.3) is 0 Å². The second-order valence-electron chi connectivity index (χ2n) is 2.70. The third-order valence-electron chi connectivity index (χ3n) is 1.66. The molecule has 7 N–H and O–H groups in total. The maximum atomic E-state index is 10.6. The lowest BCUT2D eigenvalue weighted by Gasteiger charge is -2.06. The van der Waals surface area contributed by atoms with Crippen LogP contribution in [0.1, 0.15) is 5.56 Å². The molecule has 0 aliphatic heterocycles. The molecule has 1 atom stereocenters. The zero-order valence-electron chi connectivity index (χ0n) is 7.44. The number of nitrogens with two attached hydrogens (primary N) is 2. The molecule has 1 amide bonds. The maximum absolute atomic E-state index is 10.6. The van der Waals surface area contributed by atoms with E-state index in [1.54, 1.807) is 0 Å². The minimum Gasteiger partial charge on any atom is -0.368 e. The average Bonchev–Trinajstić information content (AvgIpc) is 2.06. The number of amides is 1. The summed E-state index contributed by atoms with van der Waals surface area (Å²) in [6.45, 7) is 0. The monoisotopic (exact) mass is 181 g/mol. The zero-order valence-corrected chi connectivity index (χ0v) is 7.44. The van der Waals surface area contributed by atoms with Gasteiger partial charge in [0.05, 0.1) is 6.04 Å². The summed E-state index contributed by atoms with van der Waals surface area (Å²) < 4.78 is 0. The Morgan fingerprint density at radius 2 is 1.85 bits per heavy atom. The summed E-state index contributed by atoms with van der Waals surface area (Å²) in [5, 5.41) is 0. The van der Waals surface area contributed by atoms with Crippen LogP contribution in [0.4, 0.5) is 0 Å². The largest absolute Gasteiger partial charge is 0.368 e. The van der Waals surface area contributed by atoms with E-state index in [-0.39, 0.29) is 6.15 Å². The van der Waals surface area contributed by atoms with E-state index in [4.69, 9.17) is 11.5 Å². The van der Waals surface area contributed by atoms with Gasteiger partial charge < -0.3 is 17.6 Å². The summed E-state index contributed by atoms with van der Waals surface area (Å²) in [6, 6.07) is 8.99. The van der Waals surface area contributed by atoms with Crippen molar-refractivity contribution in [2.75, 3.05) is 0 Å². The summed E-state index contributed by atoms with van der Waals surface area (Å²) in [5.41, 5.74) is 11.5. The van der Waals surface area contributed by atoms with Gasteiger partial charge in [-0.05, 0) is 12.0 Å². The first kappa shape index (κ1) is 11.6. The Morgan fingerprint density at radius 1 is 1.31 bits per heavy atom. The van der Waals surface area contributed by atoms with Crippen LogP contribution in [-0.4, -0.2) is 11.9 Å². The molecule has 4 nitrogen and oxygen atoms in total. The number of benzene rings is 1. The first-order valence-corrected chi connectivity index (χ1v) is 3.79. The Morgan fingerprint density at radius 3 is 2.31 bits per heavy atom. The first-order chi connectivity index (χ1) is 5.70. The maximum Gasteiger partial charge on any atom is 0.234 e. The number of hydrogen-bond donors (Lipinski definition) is 3. The minimum absolute atomic E-state index is 0. The number of hydrogen-bond acceptors (Lipinski definition) is 3. The molecule has 0 saturated heterocycles. The van der Waals surface area contributed by atoms with Crippen molar-refractivity contribution >= 4 is 5.91 Å². The Balaban J connectivity index is 0.00000144. The van der Waals surface area contributed by atoms with E-state index >= 15 is 0 Å². The molecular weight excluding hydrogens is 166 g/mol. The molecule has 0 bridgehead atoms. The summed E-state index contributed by atoms with van der Waals surface area (Å²) >= 11 is 0. The van der Waals surface area contributed by atoms with E-state index in [1.807, 2.05) is 30.3 Å². The van der Waals surface area contributed by atoms with E-state index in [2.05, 4.69) is 0 Å². The molecule has 0 aliphatic rings. The van der Waals surface area contributed by atoms with Crippen molar-refractivity contribution < 1.29 is 4.79 Å². The molecule has 0 spiro atoms. The van der Waals surface area contributed by atoms with Gasteiger partial charge in [-0.2, -0.15) is 0 Å². The number of carbonyl (C=O) groups excluding carboxylic acids is 1. The van der Waals surface area contributed by atoms with Gasteiger partial charge in [0.2, 0.25) is 5.91 Å². The van der Waals surface area contributed by atoms with Gasteiger partial charge in [-0.25, -0.2) is 0 Å². The third-order valence-corrected chi connectivity index (χ3v) is 1.66. The number of carbonyl (C=O) groups is 1. The summed E-state index contributed by atoms with van der Waals surface area (Å²) in [6.07, 6.45) is 0.510. The van der Waals surface area contributed by atoms with E-state index in [1.165, 1.54) is 0 Å². The molecule has 1 aromatic rings. The summed E-state index contributed by atoms with van der Waals surface area (Å²) in [7, 11) is 0. The fourth-order valence-electron chi connectivity index (χ4n) is 0.969. The predicted octanol–water partition coefficient (Wildman–Crippen LogP) is 0.204.